The van der Waals surface area contributed by atoms with Crippen LogP contribution in [-0.2, 0) is 4.74 Å². The van der Waals surface area contributed by atoms with Gasteiger partial charge in [-0.1, -0.05) is 13.8 Å². The molecule has 0 atom stereocenters. The average molecular weight is 310 g/mol. The second-order valence-electron chi connectivity index (χ2n) is 5.55. The normalized spacial score (nSPS) is 14.2. The molecule has 1 aliphatic rings. The number of rotatable bonds is 8. The van der Waals surface area contributed by atoms with Gasteiger partial charge in [0, 0.05) is 18.7 Å². The van der Waals surface area contributed by atoms with E-state index < -0.39 is 0 Å². The number of anilines is 2. The fourth-order valence-corrected chi connectivity index (χ4v) is 3.90. The van der Waals surface area contributed by atoms with E-state index in [1.807, 2.05) is 6.92 Å². The Labute approximate surface area is 131 Å². The summed E-state index contributed by atoms with van der Waals surface area (Å²) in [5.74, 6) is 0.261. The summed E-state index contributed by atoms with van der Waals surface area (Å²) in [7, 11) is 0. The smallest absolute Gasteiger partial charge is 0.350 e. The Hall–Kier alpha value is -1.23. The molecule has 4 nitrogen and oxygen atoms in total. The van der Waals surface area contributed by atoms with Crippen LogP contribution >= 0.6 is 11.3 Å². The van der Waals surface area contributed by atoms with Crippen molar-refractivity contribution in [1.82, 2.24) is 0 Å². The molecule has 1 heterocycles. The van der Waals surface area contributed by atoms with Crippen molar-refractivity contribution in [2.24, 2.45) is 0 Å². The fraction of sp³-hybridized carbons (Fsp3) is 0.688. The summed E-state index contributed by atoms with van der Waals surface area (Å²) in [6.45, 7) is 8.60. The van der Waals surface area contributed by atoms with Crippen LogP contribution in [0.25, 0.3) is 0 Å². The lowest BCUT2D eigenvalue weighted by atomic mass is 10.1. The molecule has 0 bridgehead atoms. The highest BCUT2D eigenvalue weighted by molar-refractivity contribution is 7.18. The lowest BCUT2D eigenvalue weighted by molar-refractivity contribution is 0.0533. The molecule has 0 amide bonds. The van der Waals surface area contributed by atoms with Crippen LogP contribution < -0.4 is 10.6 Å². The molecule has 21 heavy (non-hydrogen) atoms. The number of esters is 1. The van der Waals surface area contributed by atoms with E-state index in [9.17, 15) is 4.79 Å². The molecule has 0 unspecified atom stereocenters. The highest BCUT2D eigenvalue weighted by Gasteiger charge is 2.34. The molecule has 0 spiro atoms. The van der Waals surface area contributed by atoms with Crippen LogP contribution in [0.2, 0.25) is 0 Å². The number of carbonyl (C=O) groups excluding carboxylic acids is 1. The van der Waals surface area contributed by atoms with Crippen LogP contribution in [0.15, 0.2) is 0 Å². The summed E-state index contributed by atoms with van der Waals surface area (Å²) in [6.07, 6.45) is 4.55. The van der Waals surface area contributed by atoms with E-state index in [-0.39, 0.29) is 5.97 Å². The number of carbonyl (C=O) groups is 1. The monoisotopic (exact) mass is 310 g/mol. The number of nitrogens with zero attached hydrogens (tertiary/aromatic N) is 1. The molecular formula is C16H26N2O2S. The summed E-state index contributed by atoms with van der Waals surface area (Å²) in [5, 5.41) is 1.20. The quantitative estimate of drug-likeness (QED) is 0.737. The fourth-order valence-electron chi connectivity index (χ4n) is 2.65. The Morgan fingerprint density at radius 2 is 1.90 bits per heavy atom. The van der Waals surface area contributed by atoms with E-state index in [1.165, 1.54) is 34.7 Å². The van der Waals surface area contributed by atoms with E-state index in [0.717, 1.165) is 25.9 Å². The van der Waals surface area contributed by atoms with Crippen LogP contribution in [0.3, 0.4) is 0 Å². The second kappa shape index (κ2) is 7.16. The van der Waals surface area contributed by atoms with Crippen LogP contribution in [-0.4, -0.2) is 25.7 Å². The van der Waals surface area contributed by atoms with Crippen molar-refractivity contribution < 1.29 is 9.53 Å². The molecule has 0 saturated heterocycles. The summed E-state index contributed by atoms with van der Waals surface area (Å²) in [6, 6.07) is 0. The van der Waals surface area contributed by atoms with Gasteiger partial charge in [0.05, 0.1) is 17.3 Å². The van der Waals surface area contributed by atoms with Crippen molar-refractivity contribution >= 4 is 28.0 Å². The van der Waals surface area contributed by atoms with Gasteiger partial charge >= 0.3 is 5.97 Å². The number of thiophene rings is 1. The largest absolute Gasteiger partial charge is 0.462 e. The molecule has 1 fully saturated rings. The molecule has 0 aromatic carbocycles. The first-order valence-corrected chi connectivity index (χ1v) is 8.79. The topological polar surface area (TPSA) is 55.6 Å². The van der Waals surface area contributed by atoms with Crippen LogP contribution in [0, 0.1) is 0 Å². The molecule has 118 valence electrons. The minimum atomic E-state index is -0.277. The van der Waals surface area contributed by atoms with Gasteiger partial charge in [0.15, 0.2) is 0 Å². The van der Waals surface area contributed by atoms with Gasteiger partial charge in [0.2, 0.25) is 0 Å². The minimum Gasteiger partial charge on any atom is -0.462 e. The van der Waals surface area contributed by atoms with E-state index in [0.29, 0.717) is 23.1 Å². The Bertz CT molecular complexity index is 489. The van der Waals surface area contributed by atoms with E-state index >= 15 is 0 Å². The van der Waals surface area contributed by atoms with Crippen LogP contribution in [0.1, 0.15) is 67.6 Å². The summed E-state index contributed by atoms with van der Waals surface area (Å²) < 4.78 is 5.15. The highest BCUT2D eigenvalue weighted by atomic mass is 32.1. The number of hydrogen-bond acceptors (Lipinski definition) is 5. The average Bonchev–Trinajstić information content (AvgIpc) is 3.22. The standard InChI is InChI=1S/C16H26N2O2S/c1-4-9-18(10-5-2)15-12(11-7-8-11)13(17)14(21-15)16(19)20-6-3/h11H,4-10,17H2,1-3H3. The molecule has 1 aliphatic carbocycles. The molecule has 0 radical (unpaired) electrons. The van der Waals surface area contributed by atoms with Gasteiger partial charge in [-0.05, 0) is 38.5 Å². The molecule has 2 N–H and O–H groups in total. The van der Waals surface area contributed by atoms with Crippen molar-refractivity contribution in [2.75, 3.05) is 30.3 Å². The van der Waals surface area contributed by atoms with Crippen LogP contribution in [0.5, 0.6) is 0 Å². The van der Waals surface area contributed by atoms with Gasteiger partial charge < -0.3 is 15.4 Å². The van der Waals surface area contributed by atoms with Crippen LogP contribution in [0.4, 0.5) is 10.7 Å². The summed E-state index contributed by atoms with van der Waals surface area (Å²) in [4.78, 5) is 15.1. The third-order valence-electron chi connectivity index (χ3n) is 3.68. The first-order valence-electron chi connectivity index (χ1n) is 7.98. The molecular weight excluding hydrogens is 284 g/mol. The SMILES string of the molecule is CCCN(CCC)c1sc(C(=O)OCC)c(N)c1C1CC1. The van der Waals surface area contributed by atoms with Crippen molar-refractivity contribution in [3.8, 4) is 0 Å². The maximum Gasteiger partial charge on any atom is 0.350 e. The van der Waals surface area contributed by atoms with E-state index in [4.69, 9.17) is 10.5 Å². The zero-order chi connectivity index (χ0) is 15.4. The third kappa shape index (κ3) is 3.51. The molecule has 2 rings (SSSR count). The number of nitrogen functional groups attached to an aromatic ring is 1. The van der Waals surface area contributed by atoms with E-state index in [2.05, 4.69) is 18.7 Å². The predicted molar refractivity (Wildman–Crippen MR) is 89.5 cm³/mol. The number of ether oxygens (including phenoxy) is 1. The first kappa shape index (κ1) is 16.1. The van der Waals surface area contributed by atoms with Crippen molar-refractivity contribution in [1.29, 1.82) is 0 Å². The molecule has 1 saturated carbocycles. The lowest BCUT2D eigenvalue weighted by Crippen LogP contribution is -2.24. The lowest BCUT2D eigenvalue weighted by Gasteiger charge is -2.23. The zero-order valence-electron chi connectivity index (χ0n) is 13.3. The summed E-state index contributed by atoms with van der Waals surface area (Å²) in [5.41, 5.74) is 8.15. The van der Waals surface area contributed by atoms with Gasteiger partial charge in [-0.3, -0.25) is 0 Å². The van der Waals surface area contributed by atoms with Crippen molar-refractivity contribution in [2.45, 2.75) is 52.4 Å². The molecule has 5 heteroatoms. The Kier molecular flexibility index (Phi) is 5.51. The van der Waals surface area contributed by atoms with Gasteiger partial charge in [-0.25, -0.2) is 4.79 Å². The third-order valence-corrected chi connectivity index (χ3v) is 4.95. The van der Waals surface area contributed by atoms with Gasteiger partial charge in [0.25, 0.3) is 0 Å². The number of hydrogen-bond donors (Lipinski definition) is 1. The van der Waals surface area contributed by atoms with Gasteiger partial charge in [-0.2, -0.15) is 0 Å². The minimum absolute atomic E-state index is 0.277. The maximum absolute atomic E-state index is 12.1. The maximum atomic E-state index is 12.1. The van der Waals surface area contributed by atoms with E-state index in [1.54, 1.807) is 0 Å². The molecule has 0 aliphatic heterocycles. The Balaban J connectivity index is 2.38. The van der Waals surface area contributed by atoms with Crippen molar-refractivity contribution in [3.05, 3.63) is 10.4 Å². The highest BCUT2D eigenvalue weighted by Crippen LogP contribution is 2.52. The Morgan fingerprint density at radius 1 is 1.29 bits per heavy atom. The zero-order valence-corrected chi connectivity index (χ0v) is 14.1. The first-order chi connectivity index (χ1) is 10.1. The van der Waals surface area contributed by atoms with Crippen molar-refractivity contribution in [3.63, 3.8) is 0 Å². The Morgan fingerprint density at radius 3 is 2.38 bits per heavy atom. The second-order valence-corrected chi connectivity index (χ2v) is 6.54. The predicted octanol–water partition coefficient (Wildman–Crippen LogP) is 4.01. The summed E-state index contributed by atoms with van der Waals surface area (Å²) >= 11 is 1.52. The van der Waals surface area contributed by atoms with Gasteiger partial charge in [0.1, 0.15) is 4.88 Å². The number of nitrogens with two attached hydrogens (primary N) is 1. The molecule has 1 aromatic rings. The molecule has 1 aromatic heterocycles. The van der Waals surface area contributed by atoms with Gasteiger partial charge in [-0.15, -0.1) is 11.3 Å².